The van der Waals surface area contributed by atoms with Crippen molar-refractivity contribution in [2.45, 2.75) is 59.2 Å². The van der Waals surface area contributed by atoms with Gasteiger partial charge in [0.25, 0.3) is 0 Å². The van der Waals surface area contributed by atoms with Gasteiger partial charge in [0.2, 0.25) is 0 Å². The molecule has 0 amide bonds. The number of aliphatic hydroxyl groups excluding tert-OH is 2. The first-order valence-corrected chi connectivity index (χ1v) is 9.61. The summed E-state index contributed by atoms with van der Waals surface area (Å²) in [6.07, 6.45) is 1.61. The average Bonchev–Trinajstić information content (AvgIpc) is 2.68. The van der Waals surface area contributed by atoms with Gasteiger partial charge in [-0.2, -0.15) is 0 Å². The third-order valence-corrected chi connectivity index (χ3v) is 3.90. The second-order valence-corrected chi connectivity index (χ2v) is 6.65. The van der Waals surface area contributed by atoms with Crippen molar-refractivity contribution in [3.8, 4) is 0 Å². The SMILES string of the molecule is CC(O)CC(C)O.CCc1ccc(C(=O)O)cc1.CCc1ccc(C(=O)O)cc1. The van der Waals surface area contributed by atoms with Crippen LogP contribution < -0.4 is 0 Å². The topological polar surface area (TPSA) is 115 Å². The Labute approximate surface area is 172 Å². The molecule has 0 saturated heterocycles. The highest BCUT2D eigenvalue weighted by Crippen LogP contribution is 2.05. The number of carbonyl (C=O) groups is 2. The van der Waals surface area contributed by atoms with Crippen molar-refractivity contribution in [2.24, 2.45) is 0 Å². The summed E-state index contributed by atoms with van der Waals surface area (Å²) in [5, 5.41) is 34.2. The van der Waals surface area contributed by atoms with Crippen molar-refractivity contribution in [1.29, 1.82) is 0 Å². The summed E-state index contributed by atoms with van der Waals surface area (Å²) in [6, 6.07) is 13.9. The van der Waals surface area contributed by atoms with Gasteiger partial charge in [0.15, 0.2) is 0 Å². The Morgan fingerprint density at radius 1 is 0.690 bits per heavy atom. The molecule has 2 rings (SSSR count). The lowest BCUT2D eigenvalue weighted by atomic mass is 10.1. The summed E-state index contributed by atoms with van der Waals surface area (Å²) < 4.78 is 0. The second kappa shape index (κ2) is 14.3. The van der Waals surface area contributed by atoms with Gasteiger partial charge in [-0.15, -0.1) is 0 Å². The van der Waals surface area contributed by atoms with Crippen LogP contribution in [0.4, 0.5) is 0 Å². The van der Waals surface area contributed by atoms with Crippen LogP contribution in [-0.2, 0) is 12.8 Å². The Balaban J connectivity index is 0.000000419. The van der Waals surface area contributed by atoms with Gasteiger partial charge in [-0.05, 0) is 68.5 Å². The minimum Gasteiger partial charge on any atom is -0.478 e. The first kappa shape index (κ1) is 26.3. The molecule has 0 fully saturated rings. The third-order valence-electron chi connectivity index (χ3n) is 3.90. The first-order valence-electron chi connectivity index (χ1n) is 9.61. The van der Waals surface area contributed by atoms with E-state index >= 15 is 0 Å². The van der Waals surface area contributed by atoms with Crippen LogP contribution in [0, 0.1) is 0 Å². The van der Waals surface area contributed by atoms with Crippen LogP contribution in [0.5, 0.6) is 0 Å². The molecule has 0 aliphatic rings. The number of hydrogen-bond acceptors (Lipinski definition) is 4. The predicted molar refractivity (Wildman–Crippen MR) is 114 cm³/mol. The van der Waals surface area contributed by atoms with E-state index in [0.29, 0.717) is 17.5 Å². The van der Waals surface area contributed by atoms with E-state index in [-0.39, 0.29) is 12.2 Å². The van der Waals surface area contributed by atoms with Crippen molar-refractivity contribution >= 4 is 11.9 Å². The summed E-state index contributed by atoms with van der Waals surface area (Å²) >= 11 is 0. The summed E-state index contributed by atoms with van der Waals surface area (Å²) in [4.78, 5) is 20.8. The van der Waals surface area contributed by atoms with E-state index < -0.39 is 11.9 Å². The Morgan fingerprint density at radius 2 is 0.966 bits per heavy atom. The van der Waals surface area contributed by atoms with E-state index in [1.807, 2.05) is 38.1 Å². The molecule has 4 N–H and O–H groups in total. The molecule has 29 heavy (non-hydrogen) atoms. The van der Waals surface area contributed by atoms with Gasteiger partial charge in [-0.3, -0.25) is 0 Å². The molecule has 0 spiro atoms. The third kappa shape index (κ3) is 12.4. The maximum atomic E-state index is 10.4. The lowest BCUT2D eigenvalue weighted by molar-refractivity contribution is 0.0686. The molecule has 2 aromatic carbocycles. The number of aliphatic hydroxyl groups is 2. The molecular formula is C23H32O6. The molecule has 0 aliphatic heterocycles. The van der Waals surface area contributed by atoms with Crippen LogP contribution in [0.15, 0.2) is 48.5 Å². The number of hydrogen-bond donors (Lipinski definition) is 4. The highest BCUT2D eigenvalue weighted by molar-refractivity contribution is 5.87. The highest BCUT2D eigenvalue weighted by atomic mass is 16.4. The van der Waals surface area contributed by atoms with E-state index in [4.69, 9.17) is 20.4 Å². The van der Waals surface area contributed by atoms with Gasteiger partial charge in [0.1, 0.15) is 0 Å². The molecule has 0 saturated carbocycles. The average molecular weight is 405 g/mol. The van der Waals surface area contributed by atoms with Gasteiger partial charge < -0.3 is 20.4 Å². The van der Waals surface area contributed by atoms with E-state index in [0.717, 1.165) is 24.0 Å². The normalized spacial score (nSPS) is 11.8. The van der Waals surface area contributed by atoms with Crippen LogP contribution in [0.25, 0.3) is 0 Å². The molecule has 2 atom stereocenters. The molecule has 2 unspecified atom stereocenters. The number of benzene rings is 2. The number of carboxylic acid groups (broad SMARTS) is 2. The van der Waals surface area contributed by atoms with Crippen LogP contribution in [-0.4, -0.2) is 44.6 Å². The zero-order valence-electron chi connectivity index (χ0n) is 17.5. The van der Waals surface area contributed by atoms with E-state index in [9.17, 15) is 9.59 Å². The smallest absolute Gasteiger partial charge is 0.335 e. The molecule has 2 aromatic rings. The largest absolute Gasteiger partial charge is 0.478 e. The van der Waals surface area contributed by atoms with Crippen molar-refractivity contribution in [3.63, 3.8) is 0 Å². The number of aryl methyl sites for hydroxylation is 2. The molecule has 6 heteroatoms. The zero-order valence-corrected chi connectivity index (χ0v) is 17.5. The molecule has 0 radical (unpaired) electrons. The van der Waals surface area contributed by atoms with E-state index in [2.05, 4.69) is 0 Å². The minimum absolute atomic E-state index is 0.349. The van der Waals surface area contributed by atoms with Crippen molar-refractivity contribution in [1.82, 2.24) is 0 Å². The van der Waals surface area contributed by atoms with Crippen LogP contribution in [0.1, 0.15) is 66.0 Å². The zero-order chi connectivity index (χ0) is 22.4. The van der Waals surface area contributed by atoms with Crippen LogP contribution >= 0.6 is 0 Å². The molecule has 160 valence electrons. The second-order valence-electron chi connectivity index (χ2n) is 6.65. The Kier molecular flexibility index (Phi) is 13.0. The molecule has 0 aromatic heterocycles. The fourth-order valence-corrected chi connectivity index (χ4v) is 2.26. The summed E-state index contributed by atoms with van der Waals surface area (Å²) in [6.45, 7) is 7.39. The van der Waals surface area contributed by atoms with E-state index in [1.54, 1.807) is 38.1 Å². The fraction of sp³-hybridized carbons (Fsp3) is 0.391. The van der Waals surface area contributed by atoms with Gasteiger partial charge >= 0.3 is 11.9 Å². The molecule has 0 heterocycles. The summed E-state index contributed by atoms with van der Waals surface area (Å²) in [5.74, 6) is -1.74. The van der Waals surface area contributed by atoms with Crippen molar-refractivity contribution in [3.05, 3.63) is 70.8 Å². The lowest BCUT2D eigenvalue weighted by Gasteiger charge is -2.04. The Bertz CT molecular complexity index is 655. The molecule has 0 aliphatic carbocycles. The number of rotatable bonds is 6. The highest BCUT2D eigenvalue weighted by Gasteiger charge is 2.00. The van der Waals surface area contributed by atoms with Gasteiger partial charge in [-0.1, -0.05) is 38.1 Å². The van der Waals surface area contributed by atoms with Crippen molar-refractivity contribution in [2.75, 3.05) is 0 Å². The Morgan fingerprint density at radius 3 is 1.10 bits per heavy atom. The maximum absolute atomic E-state index is 10.4. The van der Waals surface area contributed by atoms with Crippen molar-refractivity contribution < 1.29 is 30.0 Å². The number of carboxylic acids is 2. The standard InChI is InChI=1S/2C9H10O2.C5H12O2/c2*1-2-7-3-5-8(6-4-7)9(10)11;1-4(6)3-5(2)7/h2*3-6H,2H2,1H3,(H,10,11);4-7H,3H2,1-2H3. The lowest BCUT2D eigenvalue weighted by Crippen LogP contribution is -2.10. The summed E-state index contributed by atoms with van der Waals surface area (Å²) in [7, 11) is 0. The molecule has 6 nitrogen and oxygen atoms in total. The fourth-order valence-electron chi connectivity index (χ4n) is 2.26. The summed E-state index contributed by atoms with van der Waals surface area (Å²) in [5.41, 5.74) is 3.02. The number of aromatic carboxylic acids is 2. The molecular weight excluding hydrogens is 372 g/mol. The van der Waals surface area contributed by atoms with Gasteiger partial charge in [-0.25, -0.2) is 9.59 Å². The van der Waals surface area contributed by atoms with Gasteiger partial charge in [0.05, 0.1) is 23.3 Å². The van der Waals surface area contributed by atoms with Crippen LogP contribution in [0.2, 0.25) is 0 Å². The maximum Gasteiger partial charge on any atom is 0.335 e. The predicted octanol–water partition coefficient (Wildman–Crippen LogP) is 4.03. The monoisotopic (exact) mass is 404 g/mol. The van der Waals surface area contributed by atoms with Crippen LogP contribution in [0.3, 0.4) is 0 Å². The molecule has 0 bridgehead atoms. The quantitative estimate of drug-likeness (QED) is 0.578. The minimum atomic E-state index is -0.868. The van der Waals surface area contributed by atoms with E-state index in [1.165, 1.54) is 0 Å². The van der Waals surface area contributed by atoms with Gasteiger partial charge in [0, 0.05) is 0 Å². The Hall–Kier alpha value is -2.70. The first-order chi connectivity index (χ1) is 13.6.